The molecule has 1 heterocycles. The molecule has 0 saturated heterocycles. The summed E-state index contributed by atoms with van der Waals surface area (Å²) in [5, 5.41) is 20.2. The van der Waals surface area contributed by atoms with Crippen LogP contribution in [0.15, 0.2) is 42.7 Å². The first-order chi connectivity index (χ1) is 9.16. The first kappa shape index (κ1) is 12.6. The fourth-order valence-electron chi connectivity index (χ4n) is 1.55. The summed E-state index contributed by atoms with van der Waals surface area (Å²) in [6, 6.07) is 6.75. The van der Waals surface area contributed by atoms with E-state index in [4.69, 9.17) is 5.11 Å². The number of carboxylic acid groups (broad SMARTS) is 1. The number of urea groups is 1. The van der Waals surface area contributed by atoms with Crippen molar-refractivity contribution in [2.75, 3.05) is 5.32 Å². The number of carboxylic acids is 1. The van der Waals surface area contributed by atoms with E-state index in [2.05, 4.69) is 20.8 Å². The van der Waals surface area contributed by atoms with E-state index < -0.39 is 18.0 Å². The van der Waals surface area contributed by atoms with Gasteiger partial charge in [-0.3, -0.25) is 5.10 Å². The molecule has 0 aliphatic rings. The molecule has 0 aliphatic heterocycles. The van der Waals surface area contributed by atoms with E-state index in [9.17, 15) is 9.59 Å². The van der Waals surface area contributed by atoms with Crippen molar-refractivity contribution in [3.8, 4) is 0 Å². The van der Waals surface area contributed by atoms with Crippen LogP contribution in [0.3, 0.4) is 0 Å². The van der Waals surface area contributed by atoms with Gasteiger partial charge in [0.2, 0.25) is 0 Å². The lowest BCUT2D eigenvalue weighted by molar-refractivity contribution is -0.139. The van der Waals surface area contributed by atoms with Crippen molar-refractivity contribution < 1.29 is 14.7 Å². The van der Waals surface area contributed by atoms with Gasteiger partial charge in [0.05, 0.1) is 11.9 Å². The molecule has 2 aromatic rings. The number of rotatable bonds is 4. The van der Waals surface area contributed by atoms with Crippen LogP contribution < -0.4 is 10.6 Å². The fourth-order valence-corrected chi connectivity index (χ4v) is 1.55. The summed E-state index contributed by atoms with van der Waals surface area (Å²) in [4.78, 5) is 22.8. The van der Waals surface area contributed by atoms with Crippen molar-refractivity contribution in [1.82, 2.24) is 15.5 Å². The molecule has 4 N–H and O–H groups in total. The molecule has 0 fully saturated rings. The highest BCUT2D eigenvalue weighted by atomic mass is 16.4. The van der Waals surface area contributed by atoms with Gasteiger partial charge in [0.25, 0.3) is 0 Å². The molecule has 0 spiro atoms. The molecule has 2 rings (SSSR count). The summed E-state index contributed by atoms with van der Waals surface area (Å²) in [5.41, 5.74) is 0.951. The Bertz CT molecular complexity index is 554. The second kappa shape index (κ2) is 5.67. The molecule has 7 heteroatoms. The molecule has 0 aliphatic carbocycles. The van der Waals surface area contributed by atoms with Crippen LogP contribution in [0.1, 0.15) is 11.6 Å². The van der Waals surface area contributed by atoms with Crippen LogP contribution in [-0.4, -0.2) is 27.3 Å². The highest BCUT2D eigenvalue weighted by Gasteiger charge is 2.21. The predicted molar refractivity (Wildman–Crippen MR) is 67.6 cm³/mol. The number of anilines is 1. The van der Waals surface area contributed by atoms with Crippen LogP contribution in [0.4, 0.5) is 10.5 Å². The number of H-pyrrole nitrogens is 1. The Balaban J connectivity index is 2.05. The summed E-state index contributed by atoms with van der Waals surface area (Å²) in [7, 11) is 0. The maximum atomic E-state index is 11.7. The number of nitrogens with one attached hydrogen (secondary N) is 3. The number of aliphatic carboxylic acids is 1. The molecule has 1 atom stereocenters. The van der Waals surface area contributed by atoms with Gasteiger partial charge in [-0.25, -0.2) is 9.59 Å². The molecule has 0 saturated carbocycles. The van der Waals surface area contributed by atoms with Crippen molar-refractivity contribution in [2.45, 2.75) is 6.04 Å². The van der Waals surface area contributed by atoms with E-state index in [0.717, 1.165) is 0 Å². The van der Waals surface area contributed by atoms with Crippen LogP contribution >= 0.6 is 0 Å². The Morgan fingerprint density at radius 2 is 2.00 bits per heavy atom. The van der Waals surface area contributed by atoms with Crippen LogP contribution in [0.2, 0.25) is 0 Å². The molecule has 1 aromatic carbocycles. The highest BCUT2D eigenvalue weighted by Crippen LogP contribution is 2.13. The summed E-state index contributed by atoms with van der Waals surface area (Å²) in [5.74, 6) is -1.13. The minimum Gasteiger partial charge on any atom is -0.479 e. The number of amides is 2. The van der Waals surface area contributed by atoms with Crippen LogP contribution in [0.25, 0.3) is 0 Å². The molecule has 1 aromatic heterocycles. The SMILES string of the molecule is O=C(Nc1cn[nH]c1)N[C@@H](C(=O)O)c1ccccc1. The first-order valence-electron chi connectivity index (χ1n) is 5.51. The zero-order chi connectivity index (χ0) is 13.7. The van der Waals surface area contributed by atoms with E-state index in [1.807, 2.05) is 0 Å². The molecule has 0 bridgehead atoms. The maximum absolute atomic E-state index is 11.7. The van der Waals surface area contributed by atoms with Gasteiger partial charge in [0, 0.05) is 6.20 Å². The van der Waals surface area contributed by atoms with Gasteiger partial charge in [-0.2, -0.15) is 5.10 Å². The van der Waals surface area contributed by atoms with Crippen molar-refractivity contribution in [3.63, 3.8) is 0 Å². The van der Waals surface area contributed by atoms with E-state index in [0.29, 0.717) is 11.3 Å². The van der Waals surface area contributed by atoms with Crippen molar-refractivity contribution >= 4 is 17.7 Å². The smallest absolute Gasteiger partial charge is 0.330 e. The van der Waals surface area contributed by atoms with Gasteiger partial charge < -0.3 is 15.7 Å². The van der Waals surface area contributed by atoms with Gasteiger partial charge in [-0.15, -0.1) is 0 Å². The number of carbonyl (C=O) groups excluding carboxylic acids is 1. The number of hydrogen-bond acceptors (Lipinski definition) is 3. The Hall–Kier alpha value is -2.83. The zero-order valence-electron chi connectivity index (χ0n) is 9.83. The van der Waals surface area contributed by atoms with E-state index in [-0.39, 0.29) is 0 Å². The van der Waals surface area contributed by atoms with Crippen molar-refractivity contribution in [1.29, 1.82) is 0 Å². The van der Waals surface area contributed by atoms with E-state index in [1.165, 1.54) is 12.4 Å². The maximum Gasteiger partial charge on any atom is 0.330 e. The Kier molecular flexibility index (Phi) is 3.77. The first-order valence-corrected chi connectivity index (χ1v) is 5.51. The molecular formula is C12H12N4O3. The van der Waals surface area contributed by atoms with Gasteiger partial charge in [0.1, 0.15) is 0 Å². The fraction of sp³-hybridized carbons (Fsp3) is 0.0833. The quantitative estimate of drug-likeness (QED) is 0.665. The standard InChI is InChI=1S/C12H12N4O3/c17-11(18)10(8-4-2-1-3-5-8)16-12(19)15-9-6-13-14-7-9/h1-7,10H,(H,13,14)(H,17,18)(H2,15,16,19)/t10-/m1/s1. The normalized spacial score (nSPS) is 11.6. The highest BCUT2D eigenvalue weighted by molar-refractivity contribution is 5.92. The minimum absolute atomic E-state index is 0.453. The lowest BCUT2D eigenvalue weighted by Crippen LogP contribution is -2.36. The third-order valence-electron chi connectivity index (χ3n) is 2.41. The van der Waals surface area contributed by atoms with Crippen LogP contribution in [0, 0.1) is 0 Å². The Morgan fingerprint density at radius 1 is 1.26 bits per heavy atom. The van der Waals surface area contributed by atoms with Gasteiger partial charge >= 0.3 is 12.0 Å². The number of hydrogen-bond donors (Lipinski definition) is 4. The van der Waals surface area contributed by atoms with Gasteiger partial charge in [-0.05, 0) is 5.56 Å². The second-order valence-corrected chi connectivity index (χ2v) is 3.77. The molecule has 7 nitrogen and oxygen atoms in total. The van der Waals surface area contributed by atoms with Crippen molar-refractivity contribution in [2.24, 2.45) is 0 Å². The van der Waals surface area contributed by atoms with Crippen LogP contribution in [0.5, 0.6) is 0 Å². The zero-order valence-corrected chi connectivity index (χ0v) is 9.83. The van der Waals surface area contributed by atoms with Gasteiger partial charge in [0.15, 0.2) is 6.04 Å². The molecule has 19 heavy (non-hydrogen) atoms. The number of carbonyl (C=O) groups is 2. The molecular weight excluding hydrogens is 248 g/mol. The predicted octanol–water partition coefficient (Wildman–Crippen LogP) is 1.36. The molecule has 98 valence electrons. The summed E-state index contributed by atoms with van der Waals surface area (Å²) in [6.45, 7) is 0. The number of nitrogens with zero attached hydrogens (tertiary/aromatic N) is 1. The third-order valence-corrected chi connectivity index (χ3v) is 2.41. The number of aromatic nitrogens is 2. The molecule has 2 amide bonds. The largest absolute Gasteiger partial charge is 0.479 e. The molecule has 0 unspecified atom stereocenters. The third kappa shape index (κ3) is 3.32. The monoisotopic (exact) mass is 260 g/mol. The average Bonchev–Trinajstić information content (AvgIpc) is 2.89. The number of benzene rings is 1. The van der Waals surface area contributed by atoms with E-state index in [1.54, 1.807) is 30.3 Å². The van der Waals surface area contributed by atoms with Crippen molar-refractivity contribution in [3.05, 3.63) is 48.3 Å². The average molecular weight is 260 g/mol. The number of aromatic amines is 1. The summed E-state index contributed by atoms with van der Waals surface area (Å²) < 4.78 is 0. The lowest BCUT2D eigenvalue weighted by atomic mass is 10.1. The summed E-state index contributed by atoms with van der Waals surface area (Å²) in [6.07, 6.45) is 2.90. The Morgan fingerprint density at radius 3 is 2.58 bits per heavy atom. The Labute approximate surface area is 108 Å². The van der Waals surface area contributed by atoms with Crippen LogP contribution in [-0.2, 0) is 4.79 Å². The van der Waals surface area contributed by atoms with E-state index >= 15 is 0 Å². The topological polar surface area (TPSA) is 107 Å². The lowest BCUT2D eigenvalue weighted by Gasteiger charge is -2.14. The van der Waals surface area contributed by atoms with Gasteiger partial charge in [-0.1, -0.05) is 30.3 Å². The summed E-state index contributed by atoms with van der Waals surface area (Å²) >= 11 is 0. The molecule has 0 radical (unpaired) electrons. The second-order valence-electron chi connectivity index (χ2n) is 3.77. The minimum atomic E-state index is -1.13.